The van der Waals surface area contributed by atoms with Crippen LogP contribution in [0.15, 0.2) is 41.0 Å². The van der Waals surface area contributed by atoms with Crippen LogP contribution in [0.5, 0.6) is 0 Å². The molecule has 0 bridgehead atoms. The van der Waals surface area contributed by atoms with Crippen LogP contribution >= 0.6 is 0 Å². The lowest BCUT2D eigenvalue weighted by molar-refractivity contribution is -0.384. The lowest BCUT2D eigenvalue weighted by Crippen LogP contribution is -2.08. The van der Waals surface area contributed by atoms with Crippen LogP contribution in [0, 0.1) is 10.1 Å². The quantitative estimate of drug-likeness (QED) is 0.495. The molecule has 1 amide bonds. The number of rotatable bonds is 5. The third-order valence-corrected chi connectivity index (χ3v) is 3.02. The third-order valence-electron chi connectivity index (χ3n) is 3.02. The first-order chi connectivity index (χ1) is 12.1. The molecule has 128 valence electrons. The van der Waals surface area contributed by atoms with Gasteiger partial charge in [-0.15, -0.1) is 5.10 Å². The van der Waals surface area contributed by atoms with Crippen molar-refractivity contribution in [1.29, 1.82) is 0 Å². The molecule has 0 radical (unpaired) electrons. The van der Waals surface area contributed by atoms with E-state index in [4.69, 9.17) is 13.9 Å². The predicted molar refractivity (Wildman–Crippen MR) is 84.9 cm³/mol. The molecule has 0 fully saturated rings. The largest absolute Gasteiger partial charge is 0.494 e. The molecule has 10 nitrogen and oxygen atoms in total. The van der Waals surface area contributed by atoms with E-state index in [1.807, 2.05) is 0 Å². The number of hydrogen-bond donors (Lipinski definition) is 1. The van der Waals surface area contributed by atoms with Gasteiger partial charge in [-0.05, 0) is 11.6 Å². The predicted octanol–water partition coefficient (Wildman–Crippen LogP) is 1.97. The second-order valence-corrected chi connectivity index (χ2v) is 4.79. The average Bonchev–Trinajstić information content (AvgIpc) is 3.09. The SMILES string of the molecule is O=C(/C=C/c1cccc([N+](=O)[O-])c1)Nc1nnc(C2=COCCO2)o1. The number of non-ortho nitro benzene ring substituents is 1. The highest BCUT2D eigenvalue weighted by Gasteiger charge is 2.16. The van der Waals surface area contributed by atoms with Gasteiger partial charge in [0, 0.05) is 18.2 Å². The highest BCUT2D eigenvalue weighted by molar-refractivity contribution is 6.00. The number of hydrogen-bond acceptors (Lipinski definition) is 8. The summed E-state index contributed by atoms with van der Waals surface area (Å²) >= 11 is 0. The number of carbonyl (C=O) groups is 1. The molecule has 1 aromatic carbocycles. The smallest absolute Gasteiger partial charge is 0.322 e. The van der Waals surface area contributed by atoms with Gasteiger partial charge >= 0.3 is 6.01 Å². The van der Waals surface area contributed by atoms with E-state index >= 15 is 0 Å². The zero-order chi connectivity index (χ0) is 17.6. The van der Waals surface area contributed by atoms with Crippen molar-refractivity contribution in [2.45, 2.75) is 0 Å². The number of nitrogens with zero attached hydrogens (tertiary/aromatic N) is 3. The van der Waals surface area contributed by atoms with E-state index in [9.17, 15) is 14.9 Å². The lowest BCUT2D eigenvalue weighted by Gasteiger charge is -2.11. The zero-order valence-corrected chi connectivity index (χ0v) is 12.7. The summed E-state index contributed by atoms with van der Waals surface area (Å²) in [6, 6.07) is 5.76. The number of ether oxygens (including phenoxy) is 2. The van der Waals surface area contributed by atoms with Gasteiger partial charge in [0.15, 0.2) is 0 Å². The Morgan fingerprint density at radius 3 is 2.96 bits per heavy atom. The van der Waals surface area contributed by atoms with Crippen molar-refractivity contribution in [2.24, 2.45) is 0 Å². The zero-order valence-electron chi connectivity index (χ0n) is 12.7. The fraction of sp³-hybridized carbons (Fsp3) is 0.133. The van der Waals surface area contributed by atoms with E-state index in [2.05, 4.69) is 15.5 Å². The van der Waals surface area contributed by atoms with Gasteiger partial charge in [-0.25, -0.2) is 0 Å². The summed E-state index contributed by atoms with van der Waals surface area (Å²) in [6.07, 6.45) is 3.98. The van der Waals surface area contributed by atoms with Crippen LogP contribution in [0.4, 0.5) is 11.7 Å². The molecule has 2 aromatic rings. The monoisotopic (exact) mass is 344 g/mol. The van der Waals surface area contributed by atoms with Crippen LogP contribution in [0.2, 0.25) is 0 Å². The molecule has 0 aliphatic carbocycles. The van der Waals surface area contributed by atoms with Crippen molar-refractivity contribution in [2.75, 3.05) is 18.5 Å². The molecule has 0 saturated carbocycles. The van der Waals surface area contributed by atoms with Crippen LogP contribution in [0.1, 0.15) is 11.5 Å². The van der Waals surface area contributed by atoms with E-state index in [0.717, 1.165) is 0 Å². The summed E-state index contributed by atoms with van der Waals surface area (Å²) in [5.74, 6) is -0.166. The number of carbonyl (C=O) groups excluding carboxylic acids is 1. The van der Waals surface area contributed by atoms with Gasteiger partial charge < -0.3 is 13.9 Å². The van der Waals surface area contributed by atoms with Crippen LogP contribution in [0.3, 0.4) is 0 Å². The van der Waals surface area contributed by atoms with Crippen LogP contribution < -0.4 is 5.32 Å². The summed E-state index contributed by atoms with van der Waals surface area (Å²) in [7, 11) is 0. The number of anilines is 1. The molecule has 0 spiro atoms. The first kappa shape index (κ1) is 16.2. The average molecular weight is 344 g/mol. The molecule has 2 heterocycles. The van der Waals surface area contributed by atoms with Gasteiger partial charge in [0.2, 0.25) is 5.76 Å². The highest BCUT2D eigenvalue weighted by Crippen LogP contribution is 2.19. The molecule has 0 saturated heterocycles. The maximum Gasteiger partial charge on any atom is 0.322 e. The van der Waals surface area contributed by atoms with Gasteiger partial charge in [0.05, 0.1) is 4.92 Å². The summed E-state index contributed by atoms with van der Waals surface area (Å²) in [6.45, 7) is 0.797. The van der Waals surface area contributed by atoms with Gasteiger partial charge in [0.1, 0.15) is 19.5 Å². The van der Waals surface area contributed by atoms with Gasteiger partial charge in [-0.2, -0.15) is 0 Å². The highest BCUT2D eigenvalue weighted by atomic mass is 16.6. The van der Waals surface area contributed by atoms with Gasteiger partial charge in [0.25, 0.3) is 17.5 Å². The first-order valence-electron chi connectivity index (χ1n) is 7.14. The maximum absolute atomic E-state index is 11.9. The topological polar surface area (TPSA) is 130 Å². The minimum Gasteiger partial charge on any atom is -0.494 e. The minimum atomic E-state index is -0.531. The number of nitro groups is 1. The number of nitro benzene ring substituents is 1. The molecule has 10 heteroatoms. The van der Waals surface area contributed by atoms with E-state index in [0.29, 0.717) is 18.8 Å². The second kappa shape index (κ2) is 7.25. The van der Waals surface area contributed by atoms with E-state index in [1.165, 1.54) is 36.6 Å². The molecule has 1 aliphatic rings. The molecule has 1 N–H and O–H groups in total. The van der Waals surface area contributed by atoms with Crippen molar-refractivity contribution < 1.29 is 23.6 Å². The van der Waals surface area contributed by atoms with Crippen LogP contribution in [0.25, 0.3) is 11.8 Å². The van der Waals surface area contributed by atoms with Crippen molar-refractivity contribution in [3.8, 4) is 0 Å². The Bertz CT molecular complexity index is 857. The molecule has 0 atom stereocenters. The lowest BCUT2D eigenvalue weighted by atomic mass is 10.2. The van der Waals surface area contributed by atoms with Crippen LogP contribution in [-0.4, -0.2) is 34.2 Å². The van der Waals surface area contributed by atoms with E-state index < -0.39 is 10.8 Å². The Morgan fingerprint density at radius 1 is 1.32 bits per heavy atom. The fourth-order valence-electron chi connectivity index (χ4n) is 1.91. The van der Waals surface area contributed by atoms with Crippen molar-refractivity contribution in [1.82, 2.24) is 10.2 Å². The molecular formula is C15H12N4O6. The molecule has 25 heavy (non-hydrogen) atoms. The van der Waals surface area contributed by atoms with Crippen molar-refractivity contribution >= 4 is 29.4 Å². The summed E-state index contributed by atoms with van der Waals surface area (Å²) in [5.41, 5.74) is 0.445. The second-order valence-electron chi connectivity index (χ2n) is 4.79. The normalized spacial score (nSPS) is 13.7. The van der Waals surface area contributed by atoms with Gasteiger partial charge in [-0.1, -0.05) is 17.2 Å². The van der Waals surface area contributed by atoms with E-state index in [1.54, 1.807) is 6.07 Å². The Kier molecular flexibility index (Phi) is 4.69. The van der Waals surface area contributed by atoms with Crippen LogP contribution in [-0.2, 0) is 14.3 Å². The molecule has 0 unspecified atom stereocenters. The summed E-state index contributed by atoms with van der Waals surface area (Å²) < 4.78 is 15.6. The molecule has 1 aromatic heterocycles. The molecular weight excluding hydrogens is 332 g/mol. The molecule has 3 rings (SSSR count). The Balaban J connectivity index is 1.63. The van der Waals surface area contributed by atoms with Gasteiger partial charge in [-0.3, -0.25) is 20.2 Å². The number of nitrogens with one attached hydrogen (secondary N) is 1. The standard InChI is InChI=1S/C15H12N4O6/c20-13(5-4-10-2-1-3-11(8-10)19(21)22)16-15-18-17-14(25-15)12-9-23-6-7-24-12/h1-5,8-9H,6-7H2,(H,16,18,20)/b5-4+. The summed E-state index contributed by atoms with van der Waals surface area (Å²) in [5, 5.41) is 20.5. The fourth-order valence-corrected chi connectivity index (χ4v) is 1.91. The number of amides is 1. The number of aromatic nitrogens is 2. The first-order valence-corrected chi connectivity index (χ1v) is 7.14. The van der Waals surface area contributed by atoms with Crippen molar-refractivity contribution in [3.05, 3.63) is 58.2 Å². The third kappa shape index (κ3) is 4.19. The Hall–Kier alpha value is -3.69. The maximum atomic E-state index is 11.9. The summed E-state index contributed by atoms with van der Waals surface area (Å²) in [4.78, 5) is 22.1. The minimum absolute atomic E-state index is 0.0629. The van der Waals surface area contributed by atoms with E-state index in [-0.39, 0.29) is 23.4 Å². The molecule has 1 aliphatic heterocycles. The number of benzene rings is 1. The van der Waals surface area contributed by atoms with Crippen molar-refractivity contribution in [3.63, 3.8) is 0 Å². The Morgan fingerprint density at radius 2 is 2.20 bits per heavy atom. The Labute approximate surface area is 140 Å².